The number of thiophene rings is 1. The third kappa shape index (κ3) is 4.31. The molecule has 5 heteroatoms. The Kier molecular flexibility index (Phi) is 6.20. The van der Waals surface area contributed by atoms with E-state index in [1.54, 1.807) is 11.3 Å². The average molecular weight is 338 g/mol. The van der Waals surface area contributed by atoms with Crippen LogP contribution in [0.3, 0.4) is 0 Å². The molecule has 0 bridgehead atoms. The van der Waals surface area contributed by atoms with Crippen LogP contribution in [-0.4, -0.2) is 24.9 Å². The van der Waals surface area contributed by atoms with Crippen LogP contribution in [0.5, 0.6) is 5.75 Å². The molecule has 0 aromatic carbocycles. The smallest absolute Gasteiger partial charge is 0.493 e. The van der Waals surface area contributed by atoms with Crippen LogP contribution < -0.4 is 9.51 Å². The molecule has 1 aliphatic rings. The summed E-state index contributed by atoms with van der Waals surface area (Å²) in [6, 6.07) is 2.04. The lowest BCUT2D eigenvalue weighted by Crippen LogP contribution is -2.41. The van der Waals surface area contributed by atoms with E-state index in [0.717, 1.165) is 23.6 Å². The summed E-state index contributed by atoms with van der Waals surface area (Å²) in [6.07, 6.45) is 4.92. The molecule has 2 rings (SSSR count). The first kappa shape index (κ1) is 18.8. The van der Waals surface area contributed by atoms with Crippen molar-refractivity contribution in [1.82, 2.24) is 0 Å². The zero-order valence-electron chi connectivity index (χ0n) is 15.5. The molecule has 0 N–H and O–H groups in total. The monoisotopic (exact) mass is 338 g/mol. The summed E-state index contributed by atoms with van der Waals surface area (Å²) in [7, 11) is -0.328. The molecular weight excluding hydrogens is 307 g/mol. The molecule has 2 heterocycles. The van der Waals surface area contributed by atoms with E-state index in [0.29, 0.717) is 5.92 Å². The third-order valence-corrected chi connectivity index (χ3v) is 6.06. The number of hydrogen-bond donors (Lipinski definition) is 0. The van der Waals surface area contributed by atoms with Crippen molar-refractivity contribution in [3.63, 3.8) is 0 Å². The summed E-state index contributed by atoms with van der Waals surface area (Å²) < 4.78 is 19.5. The van der Waals surface area contributed by atoms with Crippen LogP contribution >= 0.6 is 11.3 Å². The van der Waals surface area contributed by atoms with E-state index < -0.39 is 0 Å². The van der Waals surface area contributed by atoms with Gasteiger partial charge < -0.3 is 14.0 Å². The molecule has 0 spiro atoms. The van der Waals surface area contributed by atoms with E-state index >= 15 is 0 Å². The number of ether oxygens (including phenoxy) is 1. The van der Waals surface area contributed by atoms with Crippen molar-refractivity contribution < 1.29 is 14.0 Å². The van der Waals surface area contributed by atoms with E-state index in [1.165, 1.54) is 19.3 Å². The Hall–Kier alpha value is -0.515. The molecule has 23 heavy (non-hydrogen) atoms. The van der Waals surface area contributed by atoms with Gasteiger partial charge in [0.05, 0.1) is 22.6 Å². The van der Waals surface area contributed by atoms with Gasteiger partial charge in [0.15, 0.2) is 0 Å². The number of unbranched alkanes of at least 4 members (excludes halogenated alkanes) is 1. The number of rotatable bonds is 8. The first-order valence-electron chi connectivity index (χ1n) is 8.86. The maximum atomic E-state index is 6.16. The summed E-state index contributed by atoms with van der Waals surface area (Å²) in [6.45, 7) is 13.6. The van der Waals surface area contributed by atoms with Gasteiger partial charge in [0.2, 0.25) is 0 Å². The second-order valence-corrected chi connectivity index (χ2v) is 8.41. The van der Waals surface area contributed by atoms with Gasteiger partial charge in [-0.25, -0.2) is 0 Å². The van der Waals surface area contributed by atoms with E-state index in [4.69, 9.17) is 14.0 Å². The molecule has 3 nitrogen and oxygen atoms in total. The van der Waals surface area contributed by atoms with Gasteiger partial charge in [-0.05, 0) is 51.5 Å². The van der Waals surface area contributed by atoms with Gasteiger partial charge in [0, 0.05) is 0 Å². The first-order valence-corrected chi connectivity index (χ1v) is 9.74. The van der Waals surface area contributed by atoms with Crippen molar-refractivity contribution >= 4 is 23.2 Å². The van der Waals surface area contributed by atoms with Gasteiger partial charge >= 0.3 is 7.12 Å². The van der Waals surface area contributed by atoms with Gasteiger partial charge in [0.25, 0.3) is 0 Å². The van der Waals surface area contributed by atoms with Crippen LogP contribution in [0, 0.1) is 5.92 Å². The second-order valence-electron chi connectivity index (χ2n) is 7.46. The zero-order chi connectivity index (χ0) is 17.1. The van der Waals surface area contributed by atoms with E-state index in [2.05, 4.69) is 46.9 Å². The standard InChI is InChI=1S/C18H31BO3S/c1-7-9-10-14(8-2)13-20-15-11-12-23-16(15)19-21-17(3,4)18(5,6)22-19/h11-12,14H,7-10,13H2,1-6H3. The minimum Gasteiger partial charge on any atom is -0.493 e. The van der Waals surface area contributed by atoms with Gasteiger partial charge in [-0.15, -0.1) is 11.3 Å². The van der Waals surface area contributed by atoms with Crippen molar-refractivity contribution in [3.05, 3.63) is 11.4 Å². The fourth-order valence-electron chi connectivity index (χ4n) is 2.66. The SMILES string of the molecule is CCCCC(CC)COc1ccsc1B1OC(C)(C)C(C)(C)O1. The molecule has 0 radical (unpaired) electrons. The summed E-state index contributed by atoms with van der Waals surface area (Å²) in [4.78, 5) is 0. The summed E-state index contributed by atoms with van der Waals surface area (Å²) in [5.74, 6) is 1.55. The maximum Gasteiger partial charge on any atom is 0.509 e. The van der Waals surface area contributed by atoms with Crippen molar-refractivity contribution in [2.24, 2.45) is 5.92 Å². The molecular formula is C18H31BO3S. The van der Waals surface area contributed by atoms with E-state index in [-0.39, 0.29) is 18.3 Å². The Balaban J connectivity index is 2.00. The van der Waals surface area contributed by atoms with Crippen LogP contribution in [0.2, 0.25) is 0 Å². The average Bonchev–Trinajstić information content (AvgIpc) is 3.02. The molecule has 1 saturated heterocycles. The Morgan fingerprint density at radius 3 is 2.39 bits per heavy atom. The fourth-order valence-corrected chi connectivity index (χ4v) is 3.44. The quantitative estimate of drug-likeness (QED) is 0.646. The molecule has 1 aromatic heterocycles. The third-order valence-electron chi connectivity index (χ3n) is 5.14. The summed E-state index contributed by atoms with van der Waals surface area (Å²) >= 11 is 1.65. The summed E-state index contributed by atoms with van der Waals surface area (Å²) in [5.41, 5.74) is -0.627. The van der Waals surface area contributed by atoms with Gasteiger partial charge in [-0.1, -0.05) is 33.1 Å². The summed E-state index contributed by atoms with van der Waals surface area (Å²) in [5, 5.41) is 2.06. The normalized spacial score (nSPS) is 20.7. The predicted octanol–water partition coefficient (Wildman–Crippen LogP) is 4.64. The second kappa shape index (κ2) is 7.58. The van der Waals surface area contributed by atoms with Gasteiger partial charge in [-0.3, -0.25) is 0 Å². The molecule has 0 amide bonds. The molecule has 1 aromatic rings. The minimum absolute atomic E-state index is 0.313. The van der Waals surface area contributed by atoms with Crippen molar-refractivity contribution in [3.8, 4) is 5.75 Å². The Morgan fingerprint density at radius 2 is 1.83 bits per heavy atom. The van der Waals surface area contributed by atoms with Crippen LogP contribution in [-0.2, 0) is 9.31 Å². The number of hydrogen-bond acceptors (Lipinski definition) is 4. The molecule has 1 fully saturated rings. The lowest BCUT2D eigenvalue weighted by Gasteiger charge is -2.32. The van der Waals surface area contributed by atoms with Crippen molar-refractivity contribution in [2.75, 3.05) is 6.61 Å². The lowest BCUT2D eigenvalue weighted by molar-refractivity contribution is 0.00578. The predicted molar refractivity (Wildman–Crippen MR) is 98.8 cm³/mol. The highest BCUT2D eigenvalue weighted by Crippen LogP contribution is 2.37. The highest BCUT2D eigenvalue weighted by atomic mass is 32.1. The topological polar surface area (TPSA) is 27.7 Å². The van der Waals surface area contributed by atoms with Crippen LogP contribution in [0.4, 0.5) is 0 Å². The molecule has 1 unspecified atom stereocenters. The van der Waals surface area contributed by atoms with Crippen LogP contribution in [0.25, 0.3) is 0 Å². The largest absolute Gasteiger partial charge is 0.509 e. The van der Waals surface area contributed by atoms with Crippen LogP contribution in [0.1, 0.15) is 67.2 Å². The highest BCUT2D eigenvalue weighted by molar-refractivity contribution is 7.21. The van der Waals surface area contributed by atoms with Gasteiger partial charge in [-0.2, -0.15) is 0 Å². The Bertz CT molecular complexity index is 482. The molecule has 0 aliphatic carbocycles. The lowest BCUT2D eigenvalue weighted by atomic mass is 9.87. The highest BCUT2D eigenvalue weighted by Gasteiger charge is 2.53. The minimum atomic E-state index is -0.328. The van der Waals surface area contributed by atoms with Crippen LogP contribution in [0.15, 0.2) is 11.4 Å². The molecule has 1 atom stereocenters. The molecule has 1 aliphatic heterocycles. The zero-order valence-corrected chi connectivity index (χ0v) is 16.3. The van der Waals surface area contributed by atoms with Crippen molar-refractivity contribution in [2.45, 2.75) is 78.4 Å². The molecule has 130 valence electrons. The van der Waals surface area contributed by atoms with E-state index in [1.807, 2.05) is 6.07 Å². The van der Waals surface area contributed by atoms with E-state index in [9.17, 15) is 0 Å². The first-order chi connectivity index (χ1) is 10.8. The van der Waals surface area contributed by atoms with Gasteiger partial charge in [0.1, 0.15) is 5.75 Å². The maximum absolute atomic E-state index is 6.16. The Morgan fingerprint density at radius 1 is 1.17 bits per heavy atom. The Labute approximate surface area is 145 Å². The van der Waals surface area contributed by atoms with Crippen molar-refractivity contribution in [1.29, 1.82) is 0 Å². The fraction of sp³-hybridized carbons (Fsp3) is 0.778. The molecule has 0 saturated carbocycles.